The highest BCUT2D eigenvalue weighted by Gasteiger charge is 2.20. The molecule has 2 N–H and O–H groups in total. The van der Waals surface area contributed by atoms with Crippen molar-refractivity contribution in [3.05, 3.63) is 30.0 Å². The summed E-state index contributed by atoms with van der Waals surface area (Å²) in [7, 11) is 1.20. The number of carbonyl (C=O) groups is 1. The number of rotatable bonds is 4. The summed E-state index contributed by atoms with van der Waals surface area (Å²) in [6.07, 6.45) is 0. The quantitative estimate of drug-likeness (QED) is 0.879. The Morgan fingerprint density at radius 2 is 2.10 bits per heavy atom. The summed E-state index contributed by atoms with van der Waals surface area (Å²) in [5.74, 6) is -0.718. The van der Waals surface area contributed by atoms with Crippen LogP contribution >= 0.6 is 11.3 Å². The van der Waals surface area contributed by atoms with E-state index in [0.717, 1.165) is 11.3 Å². The standard InChI is InChI=1S/C12H10F2N2O3S/c1-18-11(17)8-9(15)20-10(16-8)6-4-2-3-5-7(6)19-12(13)14/h2-5,12H,15H2,1H3. The highest BCUT2D eigenvalue weighted by atomic mass is 32.1. The number of esters is 1. The molecule has 2 aromatic rings. The number of para-hydroxylation sites is 1. The molecule has 1 heterocycles. The topological polar surface area (TPSA) is 74.4 Å². The molecular formula is C12H10F2N2O3S. The highest BCUT2D eigenvalue weighted by molar-refractivity contribution is 7.19. The number of carbonyl (C=O) groups excluding carboxylic acids is 1. The van der Waals surface area contributed by atoms with Crippen LogP contribution in [0, 0.1) is 0 Å². The number of nitrogens with two attached hydrogens (primary N) is 1. The Morgan fingerprint density at radius 3 is 2.75 bits per heavy atom. The minimum atomic E-state index is -2.95. The van der Waals surface area contributed by atoms with Gasteiger partial charge < -0.3 is 15.2 Å². The maximum absolute atomic E-state index is 12.3. The lowest BCUT2D eigenvalue weighted by molar-refractivity contribution is -0.0494. The second kappa shape index (κ2) is 5.83. The van der Waals surface area contributed by atoms with Gasteiger partial charge in [0.15, 0.2) is 5.69 Å². The van der Waals surface area contributed by atoms with Crippen molar-refractivity contribution in [1.29, 1.82) is 0 Å². The van der Waals surface area contributed by atoms with Gasteiger partial charge in [0, 0.05) is 0 Å². The first-order valence-corrected chi connectivity index (χ1v) is 6.23. The molecule has 0 unspecified atom stereocenters. The van der Waals surface area contributed by atoms with Gasteiger partial charge in [0.2, 0.25) is 0 Å². The number of nitrogen functional groups attached to an aromatic ring is 1. The number of alkyl halides is 2. The minimum Gasteiger partial charge on any atom is -0.464 e. The van der Waals surface area contributed by atoms with E-state index in [-0.39, 0.29) is 16.4 Å². The van der Waals surface area contributed by atoms with Crippen LogP contribution in [0.1, 0.15) is 10.5 Å². The van der Waals surface area contributed by atoms with Gasteiger partial charge in [0.1, 0.15) is 15.8 Å². The van der Waals surface area contributed by atoms with Crippen LogP contribution in [0.3, 0.4) is 0 Å². The Kier molecular flexibility index (Phi) is 4.14. The molecule has 5 nitrogen and oxygen atoms in total. The van der Waals surface area contributed by atoms with E-state index in [1.807, 2.05) is 0 Å². The SMILES string of the molecule is COC(=O)c1nc(-c2ccccc2OC(F)F)sc1N. The fourth-order valence-corrected chi connectivity index (χ4v) is 2.38. The zero-order chi connectivity index (χ0) is 14.7. The molecule has 0 radical (unpaired) electrons. The van der Waals surface area contributed by atoms with Crippen molar-refractivity contribution < 1.29 is 23.0 Å². The molecule has 1 aromatic heterocycles. The van der Waals surface area contributed by atoms with E-state index < -0.39 is 12.6 Å². The maximum Gasteiger partial charge on any atom is 0.387 e. The molecule has 0 bridgehead atoms. The van der Waals surface area contributed by atoms with E-state index in [4.69, 9.17) is 5.73 Å². The Labute approximate surface area is 117 Å². The molecule has 0 aliphatic carbocycles. The van der Waals surface area contributed by atoms with Crippen molar-refractivity contribution in [2.45, 2.75) is 6.61 Å². The van der Waals surface area contributed by atoms with Crippen molar-refractivity contribution >= 4 is 22.3 Å². The van der Waals surface area contributed by atoms with E-state index in [1.54, 1.807) is 18.2 Å². The Bertz CT molecular complexity index is 631. The summed E-state index contributed by atoms with van der Waals surface area (Å²) in [4.78, 5) is 15.4. The number of halogens is 2. The van der Waals surface area contributed by atoms with Crippen LogP contribution in [0.15, 0.2) is 24.3 Å². The zero-order valence-corrected chi connectivity index (χ0v) is 11.1. The lowest BCUT2D eigenvalue weighted by atomic mass is 10.2. The van der Waals surface area contributed by atoms with E-state index in [1.165, 1.54) is 13.2 Å². The normalized spacial score (nSPS) is 10.6. The molecule has 0 saturated heterocycles. The lowest BCUT2D eigenvalue weighted by Gasteiger charge is -2.07. The van der Waals surface area contributed by atoms with Gasteiger partial charge in [-0.15, -0.1) is 0 Å². The fourth-order valence-electron chi connectivity index (χ4n) is 1.53. The van der Waals surface area contributed by atoms with E-state index in [2.05, 4.69) is 14.5 Å². The molecule has 0 aliphatic rings. The third-order valence-corrected chi connectivity index (χ3v) is 3.28. The van der Waals surface area contributed by atoms with Gasteiger partial charge >= 0.3 is 12.6 Å². The molecule has 0 saturated carbocycles. The van der Waals surface area contributed by atoms with Crippen molar-refractivity contribution in [1.82, 2.24) is 4.98 Å². The van der Waals surface area contributed by atoms with Crippen LogP contribution < -0.4 is 10.5 Å². The third kappa shape index (κ3) is 2.85. The van der Waals surface area contributed by atoms with Crippen LogP contribution in [0.4, 0.5) is 13.8 Å². The lowest BCUT2D eigenvalue weighted by Crippen LogP contribution is -2.05. The minimum absolute atomic E-state index is 0.0346. The molecule has 2 rings (SSSR count). The largest absolute Gasteiger partial charge is 0.464 e. The van der Waals surface area contributed by atoms with Gasteiger partial charge in [-0.3, -0.25) is 0 Å². The number of hydrogen-bond acceptors (Lipinski definition) is 6. The molecule has 0 amide bonds. The number of ether oxygens (including phenoxy) is 2. The van der Waals surface area contributed by atoms with Crippen molar-refractivity contribution in [2.24, 2.45) is 0 Å². The molecule has 8 heteroatoms. The van der Waals surface area contributed by atoms with Gasteiger partial charge in [-0.25, -0.2) is 9.78 Å². The smallest absolute Gasteiger partial charge is 0.387 e. The molecule has 0 fully saturated rings. The predicted octanol–water partition coefficient (Wildman–Crippen LogP) is 2.78. The van der Waals surface area contributed by atoms with Crippen molar-refractivity contribution in [2.75, 3.05) is 12.8 Å². The Balaban J connectivity index is 2.44. The third-order valence-electron chi connectivity index (χ3n) is 2.37. The predicted molar refractivity (Wildman–Crippen MR) is 69.9 cm³/mol. The summed E-state index contributed by atoms with van der Waals surface area (Å²) in [5, 5.41) is 0.456. The van der Waals surface area contributed by atoms with Crippen molar-refractivity contribution in [3.63, 3.8) is 0 Å². The van der Waals surface area contributed by atoms with Gasteiger partial charge in [0.05, 0.1) is 12.7 Å². The number of hydrogen-bond donors (Lipinski definition) is 1. The molecular weight excluding hydrogens is 290 g/mol. The number of methoxy groups -OCH3 is 1. The highest BCUT2D eigenvalue weighted by Crippen LogP contribution is 2.36. The van der Waals surface area contributed by atoms with Crippen LogP contribution in [-0.2, 0) is 4.74 Å². The van der Waals surface area contributed by atoms with Crippen LogP contribution in [0.5, 0.6) is 5.75 Å². The Morgan fingerprint density at radius 1 is 1.40 bits per heavy atom. The first kappa shape index (κ1) is 14.2. The second-order valence-corrected chi connectivity index (χ2v) is 4.63. The fraction of sp³-hybridized carbons (Fsp3) is 0.167. The zero-order valence-electron chi connectivity index (χ0n) is 10.3. The first-order valence-electron chi connectivity index (χ1n) is 5.41. The number of aromatic nitrogens is 1. The second-order valence-electron chi connectivity index (χ2n) is 3.60. The van der Waals surface area contributed by atoms with Crippen molar-refractivity contribution in [3.8, 4) is 16.3 Å². The summed E-state index contributed by atoms with van der Waals surface area (Å²) in [6, 6.07) is 6.14. The Hall–Kier alpha value is -2.22. The summed E-state index contributed by atoms with van der Waals surface area (Å²) in [6.45, 7) is -2.95. The molecule has 1 aromatic carbocycles. The molecule has 106 valence electrons. The average molecular weight is 300 g/mol. The van der Waals surface area contributed by atoms with Crippen LogP contribution in [0.25, 0.3) is 10.6 Å². The molecule has 0 aliphatic heterocycles. The van der Waals surface area contributed by atoms with Gasteiger partial charge in [-0.1, -0.05) is 23.5 Å². The number of benzene rings is 1. The van der Waals surface area contributed by atoms with Gasteiger partial charge in [-0.05, 0) is 12.1 Å². The van der Waals surface area contributed by atoms with Crippen LogP contribution in [0.2, 0.25) is 0 Å². The summed E-state index contributed by atoms with van der Waals surface area (Å²) < 4.78 is 33.6. The van der Waals surface area contributed by atoms with Crippen LogP contribution in [-0.4, -0.2) is 24.7 Å². The molecule has 0 spiro atoms. The number of thiazole rings is 1. The molecule has 0 atom stereocenters. The summed E-state index contributed by atoms with van der Waals surface area (Å²) >= 11 is 0.993. The number of nitrogens with zero attached hydrogens (tertiary/aromatic N) is 1. The van der Waals surface area contributed by atoms with E-state index in [0.29, 0.717) is 10.6 Å². The van der Waals surface area contributed by atoms with Gasteiger partial charge in [0.25, 0.3) is 0 Å². The average Bonchev–Trinajstić information content (AvgIpc) is 2.80. The monoisotopic (exact) mass is 300 g/mol. The summed E-state index contributed by atoms with van der Waals surface area (Å²) in [5.41, 5.74) is 5.96. The maximum atomic E-state index is 12.3. The molecule has 20 heavy (non-hydrogen) atoms. The first-order chi connectivity index (χ1) is 9.52. The van der Waals surface area contributed by atoms with E-state index in [9.17, 15) is 13.6 Å². The number of anilines is 1. The van der Waals surface area contributed by atoms with E-state index >= 15 is 0 Å². The van der Waals surface area contributed by atoms with Gasteiger partial charge in [-0.2, -0.15) is 8.78 Å².